The lowest BCUT2D eigenvalue weighted by atomic mass is 9.87. The first-order valence-corrected chi connectivity index (χ1v) is 10.9. The highest BCUT2D eigenvalue weighted by atomic mass is 16.1. The maximum Gasteiger partial charge on any atom is 0.251 e. The number of carbonyl (C=O) groups is 1. The average molecular weight is 421 g/mol. The van der Waals surface area contributed by atoms with E-state index in [0.717, 1.165) is 36.2 Å². The van der Waals surface area contributed by atoms with Crippen molar-refractivity contribution in [3.63, 3.8) is 0 Å². The molecule has 1 unspecified atom stereocenters. The third-order valence-corrected chi connectivity index (χ3v) is 5.81. The summed E-state index contributed by atoms with van der Waals surface area (Å²) in [6.07, 6.45) is 4.67. The highest BCUT2D eigenvalue weighted by Gasteiger charge is 2.22. The van der Waals surface area contributed by atoms with Crippen molar-refractivity contribution in [2.24, 2.45) is 0 Å². The van der Waals surface area contributed by atoms with Gasteiger partial charge in [0.15, 0.2) is 0 Å². The molecule has 32 heavy (non-hydrogen) atoms. The quantitative estimate of drug-likeness (QED) is 0.435. The molecule has 0 saturated carbocycles. The Kier molecular flexibility index (Phi) is 5.62. The number of aromatic nitrogens is 2. The number of amides is 1. The van der Waals surface area contributed by atoms with E-state index >= 15 is 0 Å². The largest absolute Gasteiger partial charge is 0.345 e. The molecule has 0 aliphatic heterocycles. The molecule has 1 aromatic heterocycles. The van der Waals surface area contributed by atoms with Crippen molar-refractivity contribution < 1.29 is 4.79 Å². The molecule has 2 N–H and O–H groups in total. The molecule has 0 fully saturated rings. The fourth-order valence-corrected chi connectivity index (χ4v) is 4.22. The summed E-state index contributed by atoms with van der Waals surface area (Å²) in [4.78, 5) is 21.7. The number of hydrogen-bond donors (Lipinski definition) is 2. The van der Waals surface area contributed by atoms with Gasteiger partial charge in [0.2, 0.25) is 0 Å². The molecule has 5 nitrogen and oxygen atoms in total. The Morgan fingerprint density at radius 1 is 0.875 bits per heavy atom. The number of carbonyl (C=O) groups excluding carboxylic acids is 1. The summed E-state index contributed by atoms with van der Waals surface area (Å²) in [5.41, 5.74) is 5.86. The molecular weight excluding hydrogens is 396 g/mol. The first kappa shape index (κ1) is 19.9. The Balaban J connectivity index is 1.32. The molecule has 1 amide bonds. The normalized spacial score (nSPS) is 14.9. The molecule has 0 bridgehead atoms. The molecule has 5 rings (SSSR count). The lowest BCUT2D eigenvalue weighted by molar-refractivity contribution is 0.0933. The third kappa shape index (κ3) is 4.37. The molecular formula is C27H24N4O. The number of rotatable bonds is 5. The van der Waals surface area contributed by atoms with Crippen LogP contribution in [0.3, 0.4) is 0 Å². The smallest absolute Gasteiger partial charge is 0.251 e. The minimum atomic E-state index is -0.0667. The summed E-state index contributed by atoms with van der Waals surface area (Å²) in [7, 11) is 0. The molecule has 5 heteroatoms. The molecule has 1 atom stereocenters. The van der Waals surface area contributed by atoms with Crippen LogP contribution in [0.25, 0.3) is 11.3 Å². The highest BCUT2D eigenvalue weighted by Crippen LogP contribution is 2.30. The van der Waals surface area contributed by atoms with Crippen LogP contribution in [0.1, 0.15) is 40.4 Å². The van der Waals surface area contributed by atoms with E-state index in [1.54, 1.807) is 6.33 Å². The highest BCUT2D eigenvalue weighted by molar-refractivity contribution is 5.95. The first-order chi connectivity index (χ1) is 15.8. The first-order valence-electron chi connectivity index (χ1n) is 10.9. The zero-order valence-electron chi connectivity index (χ0n) is 17.7. The molecule has 3 aromatic carbocycles. The molecule has 1 aliphatic rings. The number of aryl methyl sites for hydroxylation is 1. The van der Waals surface area contributed by atoms with Gasteiger partial charge < -0.3 is 10.6 Å². The summed E-state index contributed by atoms with van der Waals surface area (Å²) in [5.74, 6) is 0.612. The van der Waals surface area contributed by atoms with Crippen LogP contribution in [0.5, 0.6) is 0 Å². The van der Waals surface area contributed by atoms with Gasteiger partial charge in [0.1, 0.15) is 12.1 Å². The van der Waals surface area contributed by atoms with Crippen molar-refractivity contribution >= 4 is 17.4 Å². The second-order valence-electron chi connectivity index (χ2n) is 7.98. The van der Waals surface area contributed by atoms with Crippen LogP contribution in [-0.4, -0.2) is 15.9 Å². The van der Waals surface area contributed by atoms with Crippen LogP contribution in [0.2, 0.25) is 0 Å². The Labute approximate surface area is 187 Å². The molecule has 0 saturated heterocycles. The third-order valence-electron chi connectivity index (χ3n) is 5.81. The Hall–Kier alpha value is -3.99. The molecule has 1 aliphatic carbocycles. The van der Waals surface area contributed by atoms with Crippen LogP contribution < -0.4 is 10.6 Å². The lowest BCUT2D eigenvalue weighted by Crippen LogP contribution is -2.31. The molecule has 0 spiro atoms. The number of fused-ring (bicyclic) bond motifs is 1. The van der Waals surface area contributed by atoms with Crippen molar-refractivity contribution in [2.45, 2.75) is 25.3 Å². The monoisotopic (exact) mass is 420 g/mol. The van der Waals surface area contributed by atoms with E-state index in [2.05, 4.69) is 38.8 Å². The standard InChI is InChI=1S/C27H24N4O/c32-27(31-24-15-7-11-19-8-4-5-14-23(19)24)21-12-6-13-22(16-21)30-26-17-25(28-18-29-26)20-9-2-1-3-10-20/h1-6,8-10,12-14,16-18,24H,7,11,15H2,(H,31,32)(H,28,29,30). The van der Waals surface area contributed by atoms with Crippen LogP contribution in [0.4, 0.5) is 11.5 Å². The molecule has 4 aromatic rings. The van der Waals surface area contributed by atoms with Crippen molar-refractivity contribution in [1.82, 2.24) is 15.3 Å². The summed E-state index contributed by atoms with van der Waals surface area (Å²) in [5, 5.41) is 6.52. The van der Waals surface area contributed by atoms with Crippen molar-refractivity contribution in [3.8, 4) is 11.3 Å². The zero-order chi connectivity index (χ0) is 21.8. The van der Waals surface area contributed by atoms with E-state index in [1.165, 1.54) is 11.1 Å². The van der Waals surface area contributed by atoms with Gasteiger partial charge in [-0.25, -0.2) is 9.97 Å². The van der Waals surface area contributed by atoms with Crippen LogP contribution in [-0.2, 0) is 6.42 Å². The second kappa shape index (κ2) is 9.02. The summed E-state index contributed by atoms with van der Waals surface area (Å²) in [6, 6.07) is 27.8. The zero-order valence-corrected chi connectivity index (χ0v) is 17.7. The second-order valence-corrected chi connectivity index (χ2v) is 7.98. The van der Waals surface area contributed by atoms with Crippen molar-refractivity contribution in [1.29, 1.82) is 0 Å². The van der Waals surface area contributed by atoms with E-state index in [-0.39, 0.29) is 11.9 Å². The molecule has 0 radical (unpaired) electrons. The average Bonchev–Trinajstić information content (AvgIpc) is 2.85. The molecule has 1 heterocycles. The number of nitrogens with one attached hydrogen (secondary N) is 2. The summed E-state index contributed by atoms with van der Waals surface area (Å²) < 4.78 is 0. The molecule has 158 valence electrons. The van der Waals surface area contributed by atoms with E-state index < -0.39 is 0 Å². The van der Waals surface area contributed by atoms with E-state index in [4.69, 9.17) is 0 Å². The predicted molar refractivity (Wildman–Crippen MR) is 127 cm³/mol. The fraction of sp³-hybridized carbons (Fsp3) is 0.148. The van der Waals surface area contributed by atoms with E-state index in [0.29, 0.717) is 11.4 Å². The maximum absolute atomic E-state index is 13.0. The number of anilines is 2. The van der Waals surface area contributed by atoms with Crippen molar-refractivity contribution in [3.05, 3.63) is 108 Å². The van der Waals surface area contributed by atoms with Gasteiger partial charge in [0.05, 0.1) is 11.7 Å². The Morgan fingerprint density at radius 2 is 1.72 bits per heavy atom. The topological polar surface area (TPSA) is 66.9 Å². The number of hydrogen-bond acceptors (Lipinski definition) is 4. The van der Waals surface area contributed by atoms with Gasteiger partial charge in [-0.3, -0.25) is 4.79 Å². The fourth-order valence-electron chi connectivity index (χ4n) is 4.22. The maximum atomic E-state index is 13.0. The van der Waals surface area contributed by atoms with Crippen LogP contribution >= 0.6 is 0 Å². The van der Waals surface area contributed by atoms with E-state index in [1.807, 2.05) is 66.7 Å². The van der Waals surface area contributed by atoms with Gasteiger partial charge >= 0.3 is 0 Å². The van der Waals surface area contributed by atoms with Gasteiger partial charge in [0, 0.05) is 22.9 Å². The Morgan fingerprint density at radius 3 is 2.62 bits per heavy atom. The van der Waals surface area contributed by atoms with Gasteiger partial charge in [-0.05, 0) is 48.6 Å². The van der Waals surface area contributed by atoms with Gasteiger partial charge in [-0.2, -0.15) is 0 Å². The van der Waals surface area contributed by atoms with E-state index in [9.17, 15) is 4.79 Å². The SMILES string of the molecule is O=C(NC1CCCc2ccccc21)c1cccc(Nc2cc(-c3ccccc3)ncn2)c1. The van der Waals surface area contributed by atoms with Gasteiger partial charge in [-0.15, -0.1) is 0 Å². The number of benzene rings is 3. The summed E-state index contributed by atoms with van der Waals surface area (Å²) in [6.45, 7) is 0. The van der Waals surface area contributed by atoms with Crippen molar-refractivity contribution in [2.75, 3.05) is 5.32 Å². The van der Waals surface area contributed by atoms with Crippen LogP contribution in [0.15, 0.2) is 91.3 Å². The Bertz CT molecular complexity index is 1240. The van der Waals surface area contributed by atoms with Crippen LogP contribution in [0, 0.1) is 0 Å². The minimum absolute atomic E-state index is 0.0550. The summed E-state index contributed by atoms with van der Waals surface area (Å²) >= 11 is 0. The minimum Gasteiger partial charge on any atom is -0.345 e. The number of nitrogens with zero attached hydrogens (tertiary/aromatic N) is 2. The lowest BCUT2D eigenvalue weighted by Gasteiger charge is -2.26. The van der Waals surface area contributed by atoms with Gasteiger partial charge in [0.25, 0.3) is 5.91 Å². The van der Waals surface area contributed by atoms with Gasteiger partial charge in [-0.1, -0.05) is 60.7 Å². The predicted octanol–water partition coefficient (Wildman–Crippen LogP) is 5.69.